The summed E-state index contributed by atoms with van der Waals surface area (Å²) in [6.07, 6.45) is 1.61. The molecule has 1 aliphatic rings. The molecule has 1 aromatic heterocycles. The molecule has 1 aliphatic heterocycles. The quantitative estimate of drug-likeness (QED) is 0.834. The molecule has 1 aromatic rings. The number of hydrogen-bond donors (Lipinski definition) is 1. The van der Waals surface area contributed by atoms with Crippen LogP contribution in [-0.2, 0) is 11.2 Å². The second kappa shape index (κ2) is 4.77. The van der Waals surface area contributed by atoms with E-state index in [2.05, 4.69) is 5.32 Å². The first kappa shape index (κ1) is 10.6. The lowest BCUT2D eigenvalue weighted by Crippen LogP contribution is -2.39. The summed E-state index contributed by atoms with van der Waals surface area (Å²) in [7, 11) is 1.91. The molecule has 0 aliphatic carbocycles. The molecule has 1 N–H and O–H groups in total. The lowest BCUT2D eigenvalue weighted by molar-refractivity contribution is -0.130. The van der Waals surface area contributed by atoms with E-state index in [1.165, 1.54) is 0 Å². The fourth-order valence-electron chi connectivity index (χ4n) is 1.87. The number of amides is 1. The number of nitrogens with one attached hydrogen (secondary N) is 1. The van der Waals surface area contributed by atoms with Gasteiger partial charge in [-0.15, -0.1) is 0 Å². The molecule has 2 heterocycles. The van der Waals surface area contributed by atoms with Crippen LogP contribution in [0.2, 0.25) is 0 Å². The zero-order valence-electron chi connectivity index (χ0n) is 8.90. The average molecular weight is 224 g/mol. The minimum Gasteiger partial charge on any atom is -0.341 e. The van der Waals surface area contributed by atoms with Crippen molar-refractivity contribution in [3.63, 3.8) is 0 Å². The fraction of sp³-hybridized carbons (Fsp3) is 0.545. The normalized spacial score (nSPS) is 20.5. The summed E-state index contributed by atoms with van der Waals surface area (Å²) in [6, 6.07) is 2.40. The summed E-state index contributed by atoms with van der Waals surface area (Å²) in [5.41, 5.74) is 1.13. The van der Waals surface area contributed by atoms with Gasteiger partial charge in [0.15, 0.2) is 0 Å². The van der Waals surface area contributed by atoms with Gasteiger partial charge in [-0.3, -0.25) is 4.79 Å². The van der Waals surface area contributed by atoms with E-state index in [9.17, 15) is 4.79 Å². The molecule has 2 rings (SSSR count). The number of likely N-dealkylation sites (N-methyl/N-ethyl adjacent to an activating group) is 1. The summed E-state index contributed by atoms with van der Waals surface area (Å²) in [5.74, 6) is 0.224. The SMILES string of the molecule is CN(C(=O)Cc1ccsc1)C1CCNC1. The molecule has 1 unspecified atom stereocenters. The van der Waals surface area contributed by atoms with Crippen molar-refractivity contribution >= 4 is 17.2 Å². The predicted octanol–water partition coefficient (Wildman–Crippen LogP) is 1.11. The van der Waals surface area contributed by atoms with Crippen LogP contribution in [0.4, 0.5) is 0 Å². The molecular formula is C11H16N2OS. The standard InChI is InChI=1S/C11H16N2OS/c1-13(10-2-4-12-7-10)11(14)6-9-3-5-15-8-9/h3,5,8,10,12H,2,4,6-7H2,1H3. The van der Waals surface area contributed by atoms with Crippen molar-refractivity contribution in [2.75, 3.05) is 20.1 Å². The monoisotopic (exact) mass is 224 g/mol. The highest BCUT2D eigenvalue weighted by Gasteiger charge is 2.22. The van der Waals surface area contributed by atoms with Gasteiger partial charge in [0.05, 0.1) is 6.42 Å². The summed E-state index contributed by atoms with van der Waals surface area (Å²) in [6.45, 7) is 1.96. The Kier molecular flexibility index (Phi) is 3.38. The van der Waals surface area contributed by atoms with Crippen molar-refractivity contribution in [2.24, 2.45) is 0 Å². The molecule has 1 amide bonds. The maximum Gasteiger partial charge on any atom is 0.227 e. The molecule has 1 fully saturated rings. The van der Waals surface area contributed by atoms with Gasteiger partial charge < -0.3 is 10.2 Å². The summed E-state index contributed by atoms with van der Waals surface area (Å²) in [4.78, 5) is 13.8. The van der Waals surface area contributed by atoms with E-state index in [0.717, 1.165) is 25.1 Å². The van der Waals surface area contributed by atoms with Gasteiger partial charge in [0, 0.05) is 19.6 Å². The Labute approximate surface area is 94.1 Å². The second-order valence-corrected chi connectivity index (χ2v) is 4.74. The molecule has 82 valence electrons. The maximum absolute atomic E-state index is 11.9. The Hall–Kier alpha value is -0.870. The lowest BCUT2D eigenvalue weighted by atomic mass is 10.2. The smallest absolute Gasteiger partial charge is 0.227 e. The van der Waals surface area contributed by atoms with Crippen molar-refractivity contribution in [1.82, 2.24) is 10.2 Å². The van der Waals surface area contributed by atoms with Crippen molar-refractivity contribution in [3.8, 4) is 0 Å². The Morgan fingerprint density at radius 3 is 3.20 bits per heavy atom. The van der Waals surface area contributed by atoms with E-state index in [0.29, 0.717) is 12.5 Å². The molecule has 15 heavy (non-hydrogen) atoms. The van der Waals surface area contributed by atoms with E-state index < -0.39 is 0 Å². The molecule has 0 bridgehead atoms. The van der Waals surface area contributed by atoms with Crippen LogP contribution in [0.3, 0.4) is 0 Å². The van der Waals surface area contributed by atoms with Gasteiger partial charge >= 0.3 is 0 Å². The number of nitrogens with zero attached hydrogens (tertiary/aromatic N) is 1. The third-order valence-electron chi connectivity index (χ3n) is 2.91. The molecule has 1 saturated heterocycles. The van der Waals surface area contributed by atoms with Gasteiger partial charge in [0.25, 0.3) is 0 Å². The van der Waals surface area contributed by atoms with E-state index in [-0.39, 0.29) is 5.91 Å². The van der Waals surface area contributed by atoms with Crippen molar-refractivity contribution in [2.45, 2.75) is 18.9 Å². The predicted molar refractivity (Wildman–Crippen MR) is 62.1 cm³/mol. The Morgan fingerprint density at radius 2 is 2.60 bits per heavy atom. The molecular weight excluding hydrogens is 208 g/mol. The molecule has 4 heteroatoms. The third-order valence-corrected chi connectivity index (χ3v) is 3.64. The van der Waals surface area contributed by atoms with Crippen molar-refractivity contribution < 1.29 is 4.79 Å². The first-order chi connectivity index (χ1) is 7.27. The summed E-state index contributed by atoms with van der Waals surface area (Å²) in [5, 5.41) is 7.33. The first-order valence-corrected chi connectivity index (χ1v) is 6.19. The zero-order chi connectivity index (χ0) is 10.7. The van der Waals surface area contributed by atoms with Crippen LogP contribution in [0.25, 0.3) is 0 Å². The average Bonchev–Trinajstić information content (AvgIpc) is 2.88. The fourth-order valence-corrected chi connectivity index (χ4v) is 2.53. The van der Waals surface area contributed by atoms with Crippen LogP contribution in [-0.4, -0.2) is 37.0 Å². The van der Waals surface area contributed by atoms with Crippen LogP contribution < -0.4 is 5.32 Å². The molecule has 0 spiro atoms. The highest BCUT2D eigenvalue weighted by molar-refractivity contribution is 7.07. The lowest BCUT2D eigenvalue weighted by Gasteiger charge is -2.23. The van der Waals surface area contributed by atoms with Gasteiger partial charge in [-0.25, -0.2) is 0 Å². The Balaban J connectivity index is 1.89. The molecule has 0 radical (unpaired) electrons. The number of carbonyl (C=O) groups is 1. The number of rotatable bonds is 3. The topological polar surface area (TPSA) is 32.3 Å². The molecule has 0 saturated carbocycles. The summed E-state index contributed by atoms with van der Waals surface area (Å²) < 4.78 is 0. The number of thiophene rings is 1. The Morgan fingerprint density at radius 1 is 1.73 bits per heavy atom. The van der Waals surface area contributed by atoms with Crippen molar-refractivity contribution in [1.29, 1.82) is 0 Å². The highest BCUT2D eigenvalue weighted by atomic mass is 32.1. The number of carbonyl (C=O) groups excluding carboxylic acids is 1. The third kappa shape index (κ3) is 2.58. The highest BCUT2D eigenvalue weighted by Crippen LogP contribution is 2.11. The van der Waals surface area contributed by atoms with Crippen LogP contribution in [0, 0.1) is 0 Å². The molecule has 1 atom stereocenters. The van der Waals surface area contributed by atoms with Crippen LogP contribution in [0.15, 0.2) is 16.8 Å². The molecule has 3 nitrogen and oxygen atoms in total. The van der Waals surface area contributed by atoms with Crippen LogP contribution in [0.5, 0.6) is 0 Å². The van der Waals surface area contributed by atoms with E-state index in [1.807, 2.05) is 28.8 Å². The largest absolute Gasteiger partial charge is 0.341 e. The van der Waals surface area contributed by atoms with Gasteiger partial charge in [0.2, 0.25) is 5.91 Å². The second-order valence-electron chi connectivity index (χ2n) is 3.96. The van der Waals surface area contributed by atoms with Gasteiger partial charge in [-0.05, 0) is 35.4 Å². The minimum absolute atomic E-state index is 0.224. The van der Waals surface area contributed by atoms with E-state index in [4.69, 9.17) is 0 Å². The Bertz CT molecular complexity index is 317. The summed E-state index contributed by atoms with van der Waals surface area (Å²) >= 11 is 1.64. The number of hydrogen-bond acceptors (Lipinski definition) is 3. The first-order valence-electron chi connectivity index (χ1n) is 5.25. The van der Waals surface area contributed by atoms with E-state index in [1.54, 1.807) is 11.3 Å². The minimum atomic E-state index is 0.224. The van der Waals surface area contributed by atoms with Gasteiger partial charge in [-0.1, -0.05) is 0 Å². The zero-order valence-corrected chi connectivity index (χ0v) is 9.72. The van der Waals surface area contributed by atoms with Crippen molar-refractivity contribution in [3.05, 3.63) is 22.4 Å². The van der Waals surface area contributed by atoms with Gasteiger partial charge in [0.1, 0.15) is 0 Å². The van der Waals surface area contributed by atoms with Gasteiger partial charge in [-0.2, -0.15) is 11.3 Å². The molecule has 0 aromatic carbocycles. The van der Waals surface area contributed by atoms with Crippen LogP contribution in [0.1, 0.15) is 12.0 Å². The van der Waals surface area contributed by atoms with Crippen LogP contribution >= 0.6 is 11.3 Å². The van der Waals surface area contributed by atoms with E-state index >= 15 is 0 Å². The maximum atomic E-state index is 11.9.